The standard InChI is InChI=1S/C31H28FN9/c1-2-26(19-6-4-3-5-7-19)38-30-22(15-34)17-36-29-21(14-33)12-23(13-25(29)30)37-31(20-8-11-28(32)35-16-20)27-18-41(40-39-27)24-9-10-24/h3-8,11-13,16-18,24,26,31,37,39-40H,2,9-10H2,1H3,(H,36,38)/t26-,31-/m1/s1/i31D. The van der Waals surface area contributed by atoms with E-state index in [1.54, 1.807) is 12.1 Å². The van der Waals surface area contributed by atoms with Crippen LogP contribution in [0.1, 0.15) is 61.9 Å². The molecule has 2 aliphatic rings. The molecule has 0 spiro atoms. The largest absolute Gasteiger partial charge is 0.377 e. The molecule has 3 heterocycles. The highest BCUT2D eigenvalue weighted by Gasteiger charge is 2.32. The number of fused-ring (bicyclic) bond motifs is 1. The second-order valence-corrected chi connectivity index (χ2v) is 9.99. The summed E-state index contributed by atoms with van der Waals surface area (Å²) in [6.45, 7) is 2.06. The van der Waals surface area contributed by atoms with Crippen LogP contribution >= 0.6 is 0 Å². The summed E-state index contributed by atoms with van der Waals surface area (Å²) in [6.07, 6.45) is 7.44. The molecule has 204 valence electrons. The van der Waals surface area contributed by atoms with E-state index in [2.05, 4.69) is 50.6 Å². The van der Waals surface area contributed by atoms with Crippen molar-refractivity contribution >= 4 is 22.3 Å². The van der Waals surface area contributed by atoms with E-state index < -0.39 is 12.0 Å². The Morgan fingerprint density at radius 2 is 1.85 bits per heavy atom. The predicted octanol–water partition coefficient (Wildman–Crippen LogP) is 5.56. The number of hydrogen-bond donors (Lipinski definition) is 4. The van der Waals surface area contributed by atoms with Gasteiger partial charge >= 0.3 is 0 Å². The van der Waals surface area contributed by atoms with Gasteiger partial charge in [-0.05, 0) is 48.6 Å². The molecule has 1 aliphatic carbocycles. The van der Waals surface area contributed by atoms with Gasteiger partial charge in [0.1, 0.15) is 12.1 Å². The Balaban J connectivity index is 1.47. The summed E-state index contributed by atoms with van der Waals surface area (Å²) in [4.78, 5) is 8.25. The predicted molar refractivity (Wildman–Crippen MR) is 154 cm³/mol. The van der Waals surface area contributed by atoms with Gasteiger partial charge in [-0.2, -0.15) is 14.9 Å². The van der Waals surface area contributed by atoms with Crippen molar-refractivity contribution in [3.63, 3.8) is 0 Å². The number of nitrogens with zero attached hydrogens (tertiary/aromatic N) is 5. The number of nitrogens with one attached hydrogen (secondary N) is 4. The number of hydrazine groups is 2. The van der Waals surface area contributed by atoms with Crippen molar-refractivity contribution < 1.29 is 5.76 Å². The molecule has 1 saturated carbocycles. The summed E-state index contributed by atoms with van der Waals surface area (Å²) in [5, 5.41) is 29.4. The number of benzene rings is 2. The van der Waals surface area contributed by atoms with Crippen molar-refractivity contribution in [2.24, 2.45) is 0 Å². The maximum Gasteiger partial charge on any atom is 0.212 e. The van der Waals surface area contributed by atoms with E-state index in [0.717, 1.165) is 24.8 Å². The molecule has 2 aromatic carbocycles. The van der Waals surface area contributed by atoms with Crippen molar-refractivity contribution in [3.8, 4) is 12.1 Å². The lowest BCUT2D eigenvalue weighted by Crippen LogP contribution is -2.38. The molecule has 4 N–H and O–H groups in total. The average molecular weight is 547 g/mol. The van der Waals surface area contributed by atoms with Crippen LogP contribution in [0.15, 0.2) is 78.9 Å². The molecule has 2 atom stereocenters. The molecular weight excluding hydrogens is 517 g/mol. The van der Waals surface area contributed by atoms with Crippen molar-refractivity contribution in [2.45, 2.75) is 44.3 Å². The molecule has 1 fully saturated rings. The lowest BCUT2D eigenvalue weighted by molar-refractivity contribution is 0.260. The van der Waals surface area contributed by atoms with Gasteiger partial charge in [0.2, 0.25) is 5.95 Å². The van der Waals surface area contributed by atoms with E-state index in [1.165, 1.54) is 24.5 Å². The van der Waals surface area contributed by atoms with E-state index in [0.29, 0.717) is 45.1 Å². The van der Waals surface area contributed by atoms with Crippen LogP contribution in [0.5, 0.6) is 0 Å². The van der Waals surface area contributed by atoms with E-state index in [4.69, 9.17) is 0 Å². The van der Waals surface area contributed by atoms with Gasteiger partial charge in [-0.1, -0.05) is 43.3 Å². The molecule has 1 aliphatic heterocycles. The lowest BCUT2D eigenvalue weighted by atomic mass is 10.00. The molecule has 0 unspecified atom stereocenters. The molecule has 41 heavy (non-hydrogen) atoms. The van der Waals surface area contributed by atoms with Crippen molar-refractivity contribution in [2.75, 3.05) is 10.6 Å². The van der Waals surface area contributed by atoms with Crippen LogP contribution in [0.25, 0.3) is 10.9 Å². The molecule has 10 heteroatoms. The van der Waals surface area contributed by atoms with Crippen LogP contribution in [0.3, 0.4) is 0 Å². The molecule has 0 radical (unpaired) electrons. The normalized spacial score (nSPS) is 16.9. The van der Waals surface area contributed by atoms with Crippen LogP contribution in [0.2, 0.25) is 0 Å². The SMILES string of the molecule is [2H][C@](Nc1cc(C#N)c2ncc(C#N)c(N[C@H](CC)c3ccccc3)c2c1)(C1=CN(C2CC2)NN1)c1ccc(F)nc1. The van der Waals surface area contributed by atoms with Gasteiger partial charge in [-0.3, -0.25) is 9.99 Å². The van der Waals surface area contributed by atoms with Gasteiger partial charge in [0.15, 0.2) is 0 Å². The van der Waals surface area contributed by atoms with E-state index >= 15 is 0 Å². The third-order valence-electron chi connectivity index (χ3n) is 7.22. The van der Waals surface area contributed by atoms with Gasteiger partial charge in [0.25, 0.3) is 0 Å². The zero-order chi connectivity index (χ0) is 29.3. The summed E-state index contributed by atoms with van der Waals surface area (Å²) in [6, 6.07) is 19.1. The molecule has 4 aromatic rings. The van der Waals surface area contributed by atoms with E-state index in [-0.39, 0.29) is 11.6 Å². The first-order valence-corrected chi connectivity index (χ1v) is 13.4. The minimum Gasteiger partial charge on any atom is -0.377 e. The number of halogens is 1. The van der Waals surface area contributed by atoms with E-state index in [9.17, 15) is 16.3 Å². The zero-order valence-electron chi connectivity index (χ0n) is 23.3. The number of nitriles is 2. The Hall–Kier alpha value is -5.19. The minimum atomic E-state index is -1.64. The van der Waals surface area contributed by atoms with Crippen LogP contribution in [-0.4, -0.2) is 21.0 Å². The first kappa shape index (κ1) is 24.8. The summed E-state index contributed by atoms with van der Waals surface area (Å²) < 4.78 is 23.4. The second-order valence-electron chi connectivity index (χ2n) is 9.99. The number of anilines is 2. The molecule has 0 amide bonds. The van der Waals surface area contributed by atoms with Gasteiger partial charge < -0.3 is 16.1 Å². The van der Waals surface area contributed by atoms with Crippen LogP contribution < -0.4 is 21.6 Å². The summed E-state index contributed by atoms with van der Waals surface area (Å²) in [5.41, 5.74) is 10.1. The number of hydrogen-bond acceptors (Lipinski definition) is 9. The number of aromatic nitrogens is 2. The lowest BCUT2D eigenvalue weighted by Gasteiger charge is -2.23. The molecule has 0 saturated heterocycles. The molecular formula is C31H28FN9. The number of pyridine rings is 2. The summed E-state index contributed by atoms with van der Waals surface area (Å²) in [7, 11) is 0. The van der Waals surface area contributed by atoms with Crippen molar-refractivity contribution in [1.82, 2.24) is 25.9 Å². The highest BCUT2D eigenvalue weighted by atomic mass is 19.1. The van der Waals surface area contributed by atoms with Crippen molar-refractivity contribution in [1.29, 1.82) is 10.5 Å². The highest BCUT2D eigenvalue weighted by Crippen LogP contribution is 2.36. The number of rotatable bonds is 9. The van der Waals surface area contributed by atoms with Gasteiger partial charge in [-0.15, -0.1) is 5.53 Å². The third-order valence-corrected chi connectivity index (χ3v) is 7.22. The molecule has 2 aromatic heterocycles. The molecule has 6 rings (SSSR count). The Morgan fingerprint density at radius 3 is 2.54 bits per heavy atom. The van der Waals surface area contributed by atoms with Gasteiger partial charge in [-0.25, -0.2) is 4.98 Å². The first-order valence-electron chi connectivity index (χ1n) is 13.9. The monoisotopic (exact) mass is 546 g/mol. The Labute approximate surface area is 238 Å². The fourth-order valence-electron chi connectivity index (χ4n) is 4.95. The van der Waals surface area contributed by atoms with Crippen LogP contribution in [-0.2, 0) is 0 Å². The molecule has 9 nitrogen and oxygen atoms in total. The van der Waals surface area contributed by atoms with Crippen LogP contribution in [0, 0.1) is 28.6 Å². The zero-order valence-corrected chi connectivity index (χ0v) is 22.3. The highest BCUT2D eigenvalue weighted by molar-refractivity contribution is 5.99. The first-order chi connectivity index (χ1) is 20.4. The fourth-order valence-corrected chi connectivity index (χ4v) is 4.95. The van der Waals surface area contributed by atoms with Gasteiger partial charge in [0, 0.05) is 35.7 Å². The summed E-state index contributed by atoms with van der Waals surface area (Å²) >= 11 is 0. The fraction of sp³-hybridized carbons (Fsp3) is 0.226. The minimum absolute atomic E-state index is 0.0982. The Bertz CT molecular complexity index is 1740. The molecule has 0 bridgehead atoms. The van der Waals surface area contributed by atoms with Crippen LogP contribution in [0.4, 0.5) is 15.8 Å². The smallest absolute Gasteiger partial charge is 0.212 e. The third kappa shape index (κ3) is 5.33. The Morgan fingerprint density at radius 1 is 1.05 bits per heavy atom. The maximum absolute atomic E-state index is 13.8. The van der Waals surface area contributed by atoms with E-state index in [1.807, 2.05) is 41.5 Å². The Kier molecular flexibility index (Phi) is 6.73. The van der Waals surface area contributed by atoms with Crippen molar-refractivity contribution in [3.05, 3.63) is 107 Å². The summed E-state index contributed by atoms with van der Waals surface area (Å²) in [5.74, 6) is -0.653. The second kappa shape index (κ2) is 11.1. The topological polar surface area (TPSA) is 125 Å². The quantitative estimate of drug-likeness (QED) is 0.200. The maximum atomic E-state index is 13.8. The van der Waals surface area contributed by atoms with Gasteiger partial charge in [0.05, 0.1) is 41.5 Å². The average Bonchev–Trinajstić information content (AvgIpc) is 3.75.